The van der Waals surface area contributed by atoms with E-state index in [1.165, 1.54) is 29.6 Å². The molecule has 0 radical (unpaired) electrons. The molecule has 1 aliphatic rings. The predicted octanol–water partition coefficient (Wildman–Crippen LogP) is 3.29. The van der Waals surface area contributed by atoms with Crippen molar-refractivity contribution in [3.8, 4) is 0 Å². The molecule has 3 rings (SSSR count). The Bertz CT molecular complexity index is 974. The van der Waals surface area contributed by atoms with Crippen LogP contribution in [-0.4, -0.2) is 56.9 Å². The van der Waals surface area contributed by atoms with Crippen LogP contribution in [0.2, 0.25) is 10.0 Å². The van der Waals surface area contributed by atoms with Gasteiger partial charge in [0, 0.05) is 37.7 Å². The summed E-state index contributed by atoms with van der Waals surface area (Å²) in [5, 5.41) is 0.688. The van der Waals surface area contributed by atoms with E-state index in [4.69, 9.17) is 23.2 Å². The van der Waals surface area contributed by atoms with Gasteiger partial charge >= 0.3 is 5.97 Å². The van der Waals surface area contributed by atoms with Crippen molar-refractivity contribution in [2.45, 2.75) is 11.4 Å². The van der Waals surface area contributed by atoms with Gasteiger partial charge in [0.1, 0.15) is 4.90 Å². The summed E-state index contributed by atoms with van der Waals surface area (Å²) >= 11 is 12.2. The second-order valence-electron chi connectivity index (χ2n) is 6.45. The predicted molar refractivity (Wildman–Crippen MR) is 108 cm³/mol. The van der Waals surface area contributed by atoms with Crippen LogP contribution in [0.1, 0.15) is 15.9 Å². The quantitative estimate of drug-likeness (QED) is 0.664. The second-order valence-corrected chi connectivity index (χ2v) is 9.20. The number of carbonyl (C=O) groups is 1. The summed E-state index contributed by atoms with van der Waals surface area (Å²) in [6.07, 6.45) is 0. The van der Waals surface area contributed by atoms with E-state index in [1.54, 1.807) is 0 Å². The van der Waals surface area contributed by atoms with Gasteiger partial charge in [-0.3, -0.25) is 4.90 Å². The Morgan fingerprint density at radius 2 is 1.79 bits per heavy atom. The number of piperazine rings is 1. The van der Waals surface area contributed by atoms with Crippen molar-refractivity contribution in [2.24, 2.45) is 0 Å². The number of rotatable bonds is 5. The van der Waals surface area contributed by atoms with Gasteiger partial charge in [-0.2, -0.15) is 4.31 Å². The molecule has 2 aromatic carbocycles. The highest BCUT2D eigenvalue weighted by molar-refractivity contribution is 7.89. The number of hydrogen-bond acceptors (Lipinski definition) is 5. The summed E-state index contributed by atoms with van der Waals surface area (Å²) in [7, 11) is -2.49. The topological polar surface area (TPSA) is 66.9 Å². The first kappa shape index (κ1) is 21.1. The van der Waals surface area contributed by atoms with Crippen LogP contribution in [-0.2, 0) is 21.3 Å². The average molecular weight is 443 g/mol. The van der Waals surface area contributed by atoms with Crippen LogP contribution in [0.25, 0.3) is 0 Å². The number of nitrogens with zero attached hydrogens (tertiary/aromatic N) is 2. The zero-order valence-electron chi connectivity index (χ0n) is 15.3. The van der Waals surface area contributed by atoms with Crippen molar-refractivity contribution in [1.29, 1.82) is 0 Å². The minimum atomic E-state index is -3.74. The van der Waals surface area contributed by atoms with Gasteiger partial charge in [0.15, 0.2) is 0 Å². The van der Waals surface area contributed by atoms with Gasteiger partial charge < -0.3 is 4.74 Å². The van der Waals surface area contributed by atoms with E-state index >= 15 is 0 Å². The molecule has 0 spiro atoms. The third-order valence-electron chi connectivity index (χ3n) is 4.60. The molecule has 0 N–H and O–H groups in total. The molecule has 0 amide bonds. The van der Waals surface area contributed by atoms with Gasteiger partial charge in [0.25, 0.3) is 0 Å². The highest BCUT2D eigenvalue weighted by Crippen LogP contribution is 2.27. The van der Waals surface area contributed by atoms with Gasteiger partial charge in [-0.15, -0.1) is 0 Å². The van der Waals surface area contributed by atoms with E-state index in [0.717, 1.165) is 5.56 Å². The molecule has 0 atom stereocenters. The molecule has 0 unspecified atom stereocenters. The lowest BCUT2D eigenvalue weighted by Crippen LogP contribution is -2.48. The minimum absolute atomic E-state index is 0.00394. The molecule has 0 aromatic heterocycles. The molecule has 1 saturated heterocycles. The molecular formula is C19H20Cl2N2O4S. The SMILES string of the molecule is COC(=O)c1ccc(S(=O)(=O)N2CCN(Cc3cccc(Cl)c3)CC2)c(Cl)c1. The Kier molecular flexibility index (Phi) is 6.62. The normalized spacial score (nSPS) is 16.1. The summed E-state index contributed by atoms with van der Waals surface area (Å²) < 4.78 is 32.0. The number of halogens is 2. The van der Waals surface area contributed by atoms with Crippen molar-refractivity contribution in [1.82, 2.24) is 9.21 Å². The number of hydrogen-bond donors (Lipinski definition) is 0. The first-order chi connectivity index (χ1) is 13.3. The smallest absolute Gasteiger partial charge is 0.337 e. The van der Waals surface area contributed by atoms with E-state index in [2.05, 4.69) is 9.64 Å². The molecule has 6 nitrogen and oxygen atoms in total. The lowest BCUT2D eigenvalue weighted by atomic mass is 10.2. The van der Waals surface area contributed by atoms with Crippen LogP contribution in [0, 0.1) is 0 Å². The number of sulfonamides is 1. The number of methoxy groups -OCH3 is 1. The molecule has 1 fully saturated rings. The number of benzene rings is 2. The van der Waals surface area contributed by atoms with Gasteiger partial charge in [-0.05, 0) is 35.9 Å². The van der Waals surface area contributed by atoms with Crippen LogP contribution in [0.5, 0.6) is 0 Å². The maximum Gasteiger partial charge on any atom is 0.337 e. The molecule has 9 heteroatoms. The van der Waals surface area contributed by atoms with Crippen molar-refractivity contribution >= 4 is 39.2 Å². The standard InChI is InChI=1S/C19H20Cl2N2O4S/c1-27-19(24)15-5-6-18(17(21)12-15)28(25,26)23-9-7-22(8-10-23)13-14-3-2-4-16(20)11-14/h2-6,11-12H,7-10,13H2,1H3. The molecule has 1 heterocycles. The molecule has 2 aromatic rings. The fourth-order valence-corrected chi connectivity index (χ4v) is 5.27. The lowest BCUT2D eigenvalue weighted by molar-refractivity contribution is 0.0600. The van der Waals surface area contributed by atoms with Crippen LogP contribution in [0.3, 0.4) is 0 Å². The third-order valence-corrected chi connectivity index (χ3v) is 7.21. The monoisotopic (exact) mass is 442 g/mol. The van der Waals surface area contributed by atoms with E-state index < -0.39 is 16.0 Å². The van der Waals surface area contributed by atoms with Crippen molar-refractivity contribution in [3.05, 3.63) is 63.6 Å². The van der Waals surface area contributed by atoms with Crippen LogP contribution >= 0.6 is 23.2 Å². The second kappa shape index (κ2) is 8.80. The maximum absolute atomic E-state index is 13.0. The number of carbonyl (C=O) groups excluding carboxylic acids is 1. The van der Waals surface area contributed by atoms with Crippen LogP contribution in [0.15, 0.2) is 47.4 Å². The molecule has 0 aliphatic carbocycles. The zero-order chi connectivity index (χ0) is 20.3. The van der Waals surface area contributed by atoms with E-state index in [1.807, 2.05) is 24.3 Å². The fourth-order valence-electron chi connectivity index (χ4n) is 3.12. The lowest BCUT2D eigenvalue weighted by Gasteiger charge is -2.34. The minimum Gasteiger partial charge on any atom is -0.465 e. The van der Waals surface area contributed by atoms with E-state index in [9.17, 15) is 13.2 Å². The molecule has 28 heavy (non-hydrogen) atoms. The van der Waals surface area contributed by atoms with E-state index in [-0.39, 0.29) is 15.5 Å². The largest absolute Gasteiger partial charge is 0.465 e. The highest BCUT2D eigenvalue weighted by atomic mass is 35.5. The van der Waals surface area contributed by atoms with Gasteiger partial charge in [0.2, 0.25) is 10.0 Å². The Balaban J connectivity index is 1.68. The van der Waals surface area contributed by atoms with Gasteiger partial charge in [-0.1, -0.05) is 35.3 Å². The van der Waals surface area contributed by atoms with Gasteiger partial charge in [-0.25, -0.2) is 13.2 Å². The van der Waals surface area contributed by atoms with E-state index in [0.29, 0.717) is 37.7 Å². The summed E-state index contributed by atoms with van der Waals surface area (Å²) in [6, 6.07) is 11.7. The zero-order valence-corrected chi connectivity index (χ0v) is 17.6. The highest BCUT2D eigenvalue weighted by Gasteiger charge is 2.30. The summed E-state index contributed by atoms with van der Waals surface area (Å²) in [5.41, 5.74) is 1.29. The van der Waals surface area contributed by atoms with Crippen LogP contribution in [0.4, 0.5) is 0 Å². The first-order valence-corrected chi connectivity index (χ1v) is 10.9. The molecule has 0 bridgehead atoms. The average Bonchev–Trinajstić information content (AvgIpc) is 2.67. The van der Waals surface area contributed by atoms with Crippen molar-refractivity contribution < 1.29 is 17.9 Å². The Morgan fingerprint density at radius 3 is 2.39 bits per heavy atom. The fraction of sp³-hybridized carbons (Fsp3) is 0.316. The number of esters is 1. The molecule has 150 valence electrons. The van der Waals surface area contributed by atoms with Crippen molar-refractivity contribution in [3.63, 3.8) is 0 Å². The first-order valence-electron chi connectivity index (χ1n) is 8.66. The van der Waals surface area contributed by atoms with Crippen LogP contribution < -0.4 is 0 Å². The summed E-state index contributed by atoms with van der Waals surface area (Å²) in [4.78, 5) is 13.8. The Hall–Kier alpha value is -1.64. The van der Waals surface area contributed by atoms with Crippen molar-refractivity contribution in [2.75, 3.05) is 33.3 Å². The maximum atomic E-state index is 13.0. The molecule has 1 aliphatic heterocycles. The summed E-state index contributed by atoms with van der Waals surface area (Å²) in [6.45, 7) is 2.63. The van der Waals surface area contributed by atoms with Gasteiger partial charge in [0.05, 0.1) is 17.7 Å². The molecule has 0 saturated carbocycles. The molecular weight excluding hydrogens is 423 g/mol. The Morgan fingerprint density at radius 1 is 1.07 bits per heavy atom. The summed E-state index contributed by atoms with van der Waals surface area (Å²) in [5.74, 6) is -0.569. The Labute approximate surface area is 174 Å². The number of ether oxygens (including phenoxy) is 1. The third kappa shape index (κ3) is 4.67.